The van der Waals surface area contributed by atoms with E-state index in [1.165, 1.54) is 12.5 Å². The quantitative estimate of drug-likeness (QED) is 0.696. The highest BCUT2D eigenvalue weighted by atomic mass is 16.5. The first-order valence-corrected chi connectivity index (χ1v) is 3.50. The Morgan fingerprint density at radius 2 is 2.50 bits per heavy atom. The molecule has 62 valence electrons. The van der Waals surface area contributed by atoms with Gasteiger partial charge in [-0.2, -0.15) is 0 Å². The summed E-state index contributed by atoms with van der Waals surface area (Å²) in [6, 6.07) is 3.65. The minimum Gasteiger partial charge on any atom is -0.481 e. The van der Waals surface area contributed by atoms with E-state index in [4.69, 9.17) is 9.15 Å². The monoisotopic (exact) mass is 165 g/mol. The molecule has 12 heavy (non-hydrogen) atoms. The maximum atomic E-state index is 5.24. The molecule has 0 saturated heterocycles. The van der Waals surface area contributed by atoms with Crippen molar-refractivity contribution in [3.05, 3.63) is 36.6 Å². The van der Waals surface area contributed by atoms with E-state index in [1.807, 2.05) is 12.1 Å². The van der Waals surface area contributed by atoms with Crippen LogP contribution < -0.4 is 4.74 Å². The van der Waals surface area contributed by atoms with Crippen molar-refractivity contribution in [3.63, 3.8) is 0 Å². The standard InChI is InChI=1S/C8H7NO3/c1-2-7(10-3-1)5-11-8-4-9-12-6-8/h1-4,6H,5H2. The minimum absolute atomic E-state index is 0.397. The molecule has 0 fully saturated rings. The molecule has 4 heteroatoms. The number of hydrogen-bond acceptors (Lipinski definition) is 4. The molecule has 0 aliphatic rings. The zero-order chi connectivity index (χ0) is 8.23. The summed E-state index contributed by atoms with van der Waals surface area (Å²) in [5, 5.41) is 3.49. The van der Waals surface area contributed by atoms with Gasteiger partial charge >= 0.3 is 0 Å². The van der Waals surface area contributed by atoms with Crippen LogP contribution in [0.4, 0.5) is 0 Å². The lowest BCUT2D eigenvalue weighted by Gasteiger charge is -1.97. The molecule has 0 atom stereocenters. The predicted octanol–water partition coefficient (Wildman–Crippen LogP) is 1.85. The van der Waals surface area contributed by atoms with Crippen LogP contribution in [0, 0.1) is 0 Å². The zero-order valence-corrected chi connectivity index (χ0v) is 6.27. The number of rotatable bonds is 3. The van der Waals surface area contributed by atoms with Crippen LogP contribution in [0.1, 0.15) is 5.76 Å². The molecule has 0 spiro atoms. The van der Waals surface area contributed by atoms with Gasteiger partial charge in [-0.15, -0.1) is 0 Å². The van der Waals surface area contributed by atoms with Crippen molar-refractivity contribution < 1.29 is 13.7 Å². The lowest BCUT2D eigenvalue weighted by atomic mass is 10.5. The third-order valence-electron chi connectivity index (χ3n) is 1.37. The Balaban J connectivity index is 1.91. The van der Waals surface area contributed by atoms with Gasteiger partial charge < -0.3 is 13.7 Å². The molecule has 0 aromatic carbocycles. The molecule has 0 aliphatic carbocycles. The Kier molecular flexibility index (Phi) is 1.82. The molecule has 2 rings (SSSR count). The highest BCUT2D eigenvalue weighted by Gasteiger charge is 1.98. The third-order valence-corrected chi connectivity index (χ3v) is 1.37. The Bertz CT molecular complexity index is 278. The summed E-state index contributed by atoms with van der Waals surface area (Å²) in [7, 11) is 0. The van der Waals surface area contributed by atoms with Gasteiger partial charge in [0, 0.05) is 0 Å². The van der Waals surface area contributed by atoms with E-state index >= 15 is 0 Å². The van der Waals surface area contributed by atoms with Gasteiger partial charge in [-0.25, -0.2) is 0 Å². The number of aromatic nitrogens is 1. The van der Waals surface area contributed by atoms with Crippen molar-refractivity contribution in [1.82, 2.24) is 5.16 Å². The van der Waals surface area contributed by atoms with Crippen molar-refractivity contribution >= 4 is 0 Å². The zero-order valence-electron chi connectivity index (χ0n) is 6.27. The van der Waals surface area contributed by atoms with Crippen molar-refractivity contribution in [2.45, 2.75) is 6.61 Å². The molecule has 0 unspecified atom stereocenters. The van der Waals surface area contributed by atoms with Crippen LogP contribution in [0.2, 0.25) is 0 Å². The highest BCUT2D eigenvalue weighted by molar-refractivity contribution is 5.09. The van der Waals surface area contributed by atoms with Gasteiger partial charge in [0.1, 0.15) is 18.6 Å². The van der Waals surface area contributed by atoms with Crippen molar-refractivity contribution in [1.29, 1.82) is 0 Å². The number of ether oxygens (including phenoxy) is 1. The van der Waals surface area contributed by atoms with Crippen LogP contribution in [0.3, 0.4) is 0 Å². The fourth-order valence-electron chi connectivity index (χ4n) is 0.816. The third kappa shape index (κ3) is 1.47. The van der Waals surface area contributed by atoms with Crippen LogP contribution >= 0.6 is 0 Å². The first-order chi connectivity index (χ1) is 5.95. The Labute approximate surface area is 68.7 Å². The van der Waals surface area contributed by atoms with E-state index in [-0.39, 0.29) is 0 Å². The largest absolute Gasteiger partial charge is 0.481 e. The topological polar surface area (TPSA) is 48.4 Å². The fourth-order valence-corrected chi connectivity index (χ4v) is 0.816. The Morgan fingerprint density at radius 3 is 3.17 bits per heavy atom. The lowest BCUT2D eigenvalue weighted by Crippen LogP contribution is -1.91. The smallest absolute Gasteiger partial charge is 0.179 e. The van der Waals surface area contributed by atoms with Gasteiger partial charge in [0.25, 0.3) is 0 Å². The van der Waals surface area contributed by atoms with E-state index < -0.39 is 0 Å². The normalized spacial score (nSPS) is 10.0. The maximum absolute atomic E-state index is 5.24. The molecule has 0 aliphatic heterocycles. The van der Waals surface area contributed by atoms with Gasteiger partial charge in [-0.05, 0) is 12.1 Å². The van der Waals surface area contributed by atoms with Crippen molar-refractivity contribution in [2.75, 3.05) is 0 Å². The molecule has 0 amide bonds. The summed E-state index contributed by atoms with van der Waals surface area (Å²) in [5.41, 5.74) is 0. The van der Waals surface area contributed by atoms with Crippen LogP contribution in [0.25, 0.3) is 0 Å². The number of furan rings is 1. The fraction of sp³-hybridized carbons (Fsp3) is 0.125. The second kappa shape index (κ2) is 3.13. The summed E-state index contributed by atoms with van der Waals surface area (Å²) in [6.45, 7) is 0.397. The van der Waals surface area contributed by atoms with Crippen molar-refractivity contribution in [2.24, 2.45) is 0 Å². The number of hydrogen-bond donors (Lipinski definition) is 0. The Morgan fingerprint density at radius 1 is 1.50 bits per heavy atom. The summed E-state index contributed by atoms with van der Waals surface area (Å²) < 4.78 is 14.9. The van der Waals surface area contributed by atoms with Crippen LogP contribution in [-0.2, 0) is 6.61 Å². The summed E-state index contributed by atoms with van der Waals surface area (Å²) in [6.07, 6.45) is 4.54. The first kappa shape index (κ1) is 6.97. The van der Waals surface area contributed by atoms with E-state index in [1.54, 1.807) is 6.26 Å². The molecule has 0 bridgehead atoms. The van der Waals surface area contributed by atoms with E-state index in [9.17, 15) is 0 Å². The second-order valence-electron chi connectivity index (χ2n) is 2.23. The molecule has 2 aromatic rings. The molecular formula is C8H7NO3. The van der Waals surface area contributed by atoms with Gasteiger partial charge in [-0.3, -0.25) is 0 Å². The average molecular weight is 165 g/mol. The molecule has 0 radical (unpaired) electrons. The lowest BCUT2D eigenvalue weighted by molar-refractivity contribution is 0.267. The summed E-state index contributed by atoms with van der Waals surface area (Å²) in [5.74, 6) is 1.38. The van der Waals surface area contributed by atoms with Crippen LogP contribution in [0.15, 0.2) is 39.8 Å². The first-order valence-electron chi connectivity index (χ1n) is 3.50. The SMILES string of the molecule is c1coc(COc2cnoc2)c1. The van der Waals surface area contributed by atoms with E-state index in [0.29, 0.717) is 12.4 Å². The highest BCUT2D eigenvalue weighted by Crippen LogP contribution is 2.10. The molecule has 0 N–H and O–H groups in total. The van der Waals surface area contributed by atoms with Crippen LogP contribution in [0.5, 0.6) is 5.75 Å². The van der Waals surface area contributed by atoms with Gasteiger partial charge in [0.2, 0.25) is 0 Å². The van der Waals surface area contributed by atoms with Crippen LogP contribution in [-0.4, -0.2) is 5.16 Å². The molecule has 2 heterocycles. The minimum atomic E-state index is 0.397. The predicted molar refractivity (Wildman–Crippen MR) is 39.5 cm³/mol. The van der Waals surface area contributed by atoms with E-state index in [0.717, 1.165) is 5.76 Å². The molecular weight excluding hydrogens is 158 g/mol. The van der Waals surface area contributed by atoms with Crippen molar-refractivity contribution in [3.8, 4) is 5.75 Å². The second-order valence-corrected chi connectivity index (χ2v) is 2.23. The van der Waals surface area contributed by atoms with E-state index in [2.05, 4.69) is 9.68 Å². The Hall–Kier alpha value is -1.71. The average Bonchev–Trinajstić information content (AvgIpc) is 2.74. The van der Waals surface area contributed by atoms with Gasteiger partial charge in [-0.1, -0.05) is 5.16 Å². The molecule has 0 saturated carbocycles. The van der Waals surface area contributed by atoms with Gasteiger partial charge in [0.05, 0.1) is 6.26 Å². The molecule has 4 nitrogen and oxygen atoms in total. The van der Waals surface area contributed by atoms with Gasteiger partial charge in [0.15, 0.2) is 12.0 Å². The number of nitrogens with zero attached hydrogens (tertiary/aromatic N) is 1. The summed E-state index contributed by atoms with van der Waals surface area (Å²) >= 11 is 0. The molecule has 2 aromatic heterocycles. The maximum Gasteiger partial charge on any atom is 0.179 e. The summed E-state index contributed by atoms with van der Waals surface area (Å²) in [4.78, 5) is 0.